The number of furan rings is 1. The summed E-state index contributed by atoms with van der Waals surface area (Å²) in [6.45, 7) is 5.97. The SMILES string of the molecule is Cc1ccc(C(C)(O)CNC(C)c2nc3cc(Cl)ccc3n2C)o1. The minimum absolute atomic E-state index is 0.0382. The van der Waals surface area contributed by atoms with E-state index in [1.54, 1.807) is 13.0 Å². The van der Waals surface area contributed by atoms with Crippen LogP contribution in [0.5, 0.6) is 0 Å². The summed E-state index contributed by atoms with van der Waals surface area (Å²) >= 11 is 6.04. The topological polar surface area (TPSA) is 63.2 Å². The van der Waals surface area contributed by atoms with Crippen LogP contribution in [0.15, 0.2) is 34.7 Å². The second kappa shape index (κ2) is 6.24. The van der Waals surface area contributed by atoms with Gasteiger partial charge in [0.05, 0.1) is 17.1 Å². The van der Waals surface area contributed by atoms with Gasteiger partial charge in [-0.25, -0.2) is 4.98 Å². The lowest BCUT2D eigenvalue weighted by atomic mass is 10.0. The Balaban J connectivity index is 1.77. The van der Waals surface area contributed by atoms with E-state index in [0.29, 0.717) is 17.3 Å². The van der Waals surface area contributed by atoms with E-state index < -0.39 is 5.60 Å². The smallest absolute Gasteiger partial charge is 0.136 e. The molecule has 2 aromatic heterocycles. The molecule has 5 nitrogen and oxygen atoms in total. The number of halogens is 1. The predicted molar refractivity (Wildman–Crippen MR) is 95.2 cm³/mol. The van der Waals surface area contributed by atoms with Crippen LogP contribution in [0.3, 0.4) is 0 Å². The first kappa shape index (κ1) is 17.0. The highest BCUT2D eigenvalue weighted by Gasteiger charge is 2.28. The van der Waals surface area contributed by atoms with Crippen molar-refractivity contribution in [3.63, 3.8) is 0 Å². The summed E-state index contributed by atoms with van der Waals surface area (Å²) < 4.78 is 7.58. The van der Waals surface area contributed by atoms with Crippen LogP contribution in [0, 0.1) is 6.92 Å². The quantitative estimate of drug-likeness (QED) is 0.739. The molecule has 2 atom stereocenters. The van der Waals surface area contributed by atoms with Crippen molar-refractivity contribution in [2.75, 3.05) is 6.54 Å². The van der Waals surface area contributed by atoms with Crippen molar-refractivity contribution >= 4 is 22.6 Å². The molecule has 2 unspecified atom stereocenters. The Hall–Kier alpha value is -1.82. The maximum absolute atomic E-state index is 10.6. The third kappa shape index (κ3) is 3.20. The average molecular weight is 348 g/mol. The maximum Gasteiger partial charge on any atom is 0.136 e. The first-order valence-electron chi connectivity index (χ1n) is 7.92. The van der Waals surface area contributed by atoms with Gasteiger partial charge in [0, 0.05) is 18.6 Å². The molecule has 0 saturated carbocycles. The van der Waals surface area contributed by atoms with Crippen molar-refractivity contribution in [3.8, 4) is 0 Å². The third-order valence-corrected chi connectivity index (χ3v) is 4.52. The van der Waals surface area contributed by atoms with Crippen molar-refractivity contribution < 1.29 is 9.52 Å². The van der Waals surface area contributed by atoms with Gasteiger partial charge < -0.3 is 19.4 Å². The van der Waals surface area contributed by atoms with Gasteiger partial charge in [-0.05, 0) is 51.1 Å². The molecule has 0 aliphatic heterocycles. The van der Waals surface area contributed by atoms with Gasteiger partial charge in [0.25, 0.3) is 0 Å². The van der Waals surface area contributed by atoms with E-state index in [4.69, 9.17) is 16.0 Å². The molecule has 0 bridgehead atoms. The van der Waals surface area contributed by atoms with E-state index in [9.17, 15) is 5.11 Å². The number of hydrogen-bond acceptors (Lipinski definition) is 4. The van der Waals surface area contributed by atoms with E-state index in [1.807, 2.05) is 49.7 Å². The van der Waals surface area contributed by atoms with E-state index in [0.717, 1.165) is 22.6 Å². The number of benzene rings is 1. The molecular weight excluding hydrogens is 326 g/mol. The number of nitrogens with zero attached hydrogens (tertiary/aromatic N) is 2. The lowest BCUT2D eigenvalue weighted by Crippen LogP contribution is -2.37. The Morgan fingerprint density at radius 1 is 1.38 bits per heavy atom. The number of rotatable bonds is 5. The van der Waals surface area contributed by atoms with Crippen molar-refractivity contribution in [3.05, 3.63) is 52.7 Å². The molecule has 24 heavy (non-hydrogen) atoms. The molecular formula is C18H22ClN3O2. The van der Waals surface area contributed by atoms with Gasteiger partial charge in [0.15, 0.2) is 0 Å². The van der Waals surface area contributed by atoms with E-state index >= 15 is 0 Å². The number of imidazole rings is 1. The molecule has 6 heteroatoms. The fourth-order valence-electron chi connectivity index (χ4n) is 2.83. The second-order valence-electron chi connectivity index (χ2n) is 6.45. The summed E-state index contributed by atoms with van der Waals surface area (Å²) in [5.41, 5.74) is 0.801. The Kier molecular flexibility index (Phi) is 4.42. The molecule has 128 valence electrons. The first-order chi connectivity index (χ1) is 11.3. The number of nitrogens with one attached hydrogen (secondary N) is 1. The number of hydrogen-bond donors (Lipinski definition) is 2. The predicted octanol–water partition coefficient (Wildman–Crippen LogP) is 3.69. The van der Waals surface area contributed by atoms with Crippen molar-refractivity contribution in [1.82, 2.24) is 14.9 Å². The van der Waals surface area contributed by atoms with Crippen molar-refractivity contribution in [2.24, 2.45) is 7.05 Å². The maximum atomic E-state index is 10.6. The monoisotopic (exact) mass is 347 g/mol. The van der Waals surface area contributed by atoms with Crippen LogP contribution in [-0.2, 0) is 12.6 Å². The normalized spacial score (nSPS) is 15.6. The fraction of sp³-hybridized carbons (Fsp3) is 0.389. The van der Waals surface area contributed by atoms with Crippen LogP contribution in [0.25, 0.3) is 11.0 Å². The van der Waals surface area contributed by atoms with Gasteiger partial charge in [-0.2, -0.15) is 0 Å². The first-order valence-corrected chi connectivity index (χ1v) is 8.30. The van der Waals surface area contributed by atoms with Crippen LogP contribution >= 0.6 is 11.6 Å². The highest BCUT2D eigenvalue weighted by molar-refractivity contribution is 6.31. The Bertz CT molecular complexity index is 866. The molecule has 0 aliphatic carbocycles. The molecule has 3 aromatic rings. The zero-order valence-electron chi connectivity index (χ0n) is 14.3. The van der Waals surface area contributed by atoms with E-state index in [1.165, 1.54) is 0 Å². The summed E-state index contributed by atoms with van der Waals surface area (Å²) in [6, 6.07) is 9.29. The summed E-state index contributed by atoms with van der Waals surface area (Å²) in [7, 11) is 1.98. The average Bonchev–Trinajstić information content (AvgIpc) is 3.09. The summed E-state index contributed by atoms with van der Waals surface area (Å²) in [5.74, 6) is 2.22. The molecule has 0 amide bonds. The minimum Gasteiger partial charge on any atom is -0.463 e. The largest absolute Gasteiger partial charge is 0.463 e. The zero-order chi connectivity index (χ0) is 17.5. The number of aromatic nitrogens is 2. The number of aryl methyl sites for hydroxylation is 2. The molecule has 3 rings (SSSR count). The number of fused-ring (bicyclic) bond motifs is 1. The molecule has 0 fully saturated rings. The zero-order valence-corrected chi connectivity index (χ0v) is 15.1. The molecule has 0 radical (unpaired) electrons. The highest BCUT2D eigenvalue weighted by Crippen LogP contribution is 2.25. The van der Waals surface area contributed by atoms with Gasteiger partial charge >= 0.3 is 0 Å². The molecule has 1 aromatic carbocycles. The van der Waals surface area contributed by atoms with Gasteiger partial charge in [0.1, 0.15) is 22.9 Å². The molecule has 0 spiro atoms. The fourth-order valence-corrected chi connectivity index (χ4v) is 3.00. The van der Waals surface area contributed by atoms with Crippen LogP contribution in [0.4, 0.5) is 0 Å². The molecule has 0 saturated heterocycles. The van der Waals surface area contributed by atoms with Crippen LogP contribution < -0.4 is 5.32 Å². The van der Waals surface area contributed by atoms with Crippen LogP contribution in [-0.4, -0.2) is 21.2 Å². The summed E-state index contributed by atoms with van der Waals surface area (Å²) in [4.78, 5) is 4.66. The summed E-state index contributed by atoms with van der Waals surface area (Å²) in [5, 5.41) is 14.6. The molecule has 2 heterocycles. The Morgan fingerprint density at radius 2 is 2.12 bits per heavy atom. The van der Waals surface area contributed by atoms with Gasteiger partial charge in [-0.15, -0.1) is 0 Å². The molecule has 2 N–H and O–H groups in total. The lowest BCUT2D eigenvalue weighted by Gasteiger charge is -2.24. The lowest BCUT2D eigenvalue weighted by molar-refractivity contribution is 0.0310. The van der Waals surface area contributed by atoms with Gasteiger partial charge in [0.2, 0.25) is 0 Å². The van der Waals surface area contributed by atoms with E-state index in [-0.39, 0.29) is 6.04 Å². The van der Waals surface area contributed by atoms with Crippen LogP contribution in [0.2, 0.25) is 5.02 Å². The second-order valence-corrected chi connectivity index (χ2v) is 6.89. The summed E-state index contributed by atoms with van der Waals surface area (Å²) in [6.07, 6.45) is 0. The van der Waals surface area contributed by atoms with Crippen molar-refractivity contribution in [2.45, 2.75) is 32.4 Å². The number of aliphatic hydroxyl groups is 1. The van der Waals surface area contributed by atoms with Gasteiger partial charge in [-0.1, -0.05) is 11.6 Å². The van der Waals surface area contributed by atoms with Crippen LogP contribution in [0.1, 0.15) is 37.2 Å². The standard InChI is InChI=1S/C18H22ClN3O2/c1-11-5-8-16(24-11)18(3,23)10-20-12(2)17-21-14-9-13(19)6-7-15(14)22(17)4/h5-9,12,20,23H,10H2,1-4H3. The molecule has 0 aliphatic rings. The Morgan fingerprint density at radius 3 is 2.79 bits per heavy atom. The van der Waals surface area contributed by atoms with E-state index in [2.05, 4.69) is 10.3 Å². The highest BCUT2D eigenvalue weighted by atomic mass is 35.5. The Labute approximate surface area is 146 Å². The third-order valence-electron chi connectivity index (χ3n) is 4.29. The van der Waals surface area contributed by atoms with Gasteiger partial charge in [-0.3, -0.25) is 0 Å². The minimum atomic E-state index is -1.09. The van der Waals surface area contributed by atoms with Crippen molar-refractivity contribution in [1.29, 1.82) is 0 Å².